The van der Waals surface area contributed by atoms with Gasteiger partial charge in [-0.2, -0.15) is 0 Å². The lowest BCUT2D eigenvalue weighted by molar-refractivity contribution is -0.657. The number of quaternary nitrogens is 1. The van der Waals surface area contributed by atoms with Crippen LogP contribution in [0.4, 0.5) is 0 Å². The number of carbonyl (C=O) groups excluding carboxylic acids is 2. The van der Waals surface area contributed by atoms with Gasteiger partial charge in [0.2, 0.25) is 5.78 Å². The Bertz CT molecular complexity index is 670. The molecule has 0 saturated heterocycles. The highest BCUT2D eigenvalue weighted by Crippen LogP contribution is 2.24. The van der Waals surface area contributed by atoms with E-state index in [-0.39, 0.29) is 5.78 Å². The molecule has 0 aliphatic rings. The minimum Gasteiger partial charge on any atom is -0.451 e. The number of nitrogens with two attached hydrogens (primary N) is 1. The minimum atomic E-state index is -0.640. The van der Waals surface area contributed by atoms with Gasteiger partial charge in [-0.05, 0) is 17.7 Å². The fraction of sp³-hybridized carbons (Fsp3) is 0.222. The molecule has 0 aliphatic heterocycles. The second-order valence-corrected chi connectivity index (χ2v) is 6.09. The van der Waals surface area contributed by atoms with Crippen molar-refractivity contribution in [2.75, 3.05) is 7.05 Å². The van der Waals surface area contributed by atoms with Crippen LogP contribution >= 0.6 is 15.9 Å². The molecule has 5 heteroatoms. The molecule has 0 saturated carbocycles. The van der Waals surface area contributed by atoms with E-state index in [4.69, 9.17) is 4.74 Å². The molecule has 2 aromatic rings. The largest absolute Gasteiger partial charge is 0.451 e. The van der Waals surface area contributed by atoms with Gasteiger partial charge in [-0.15, -0.1) is 0 Å². The second-order valence-electron chi connectivity index (χ2n) is 5.17. The Kier molecular flexibility index (Phi) is 6.07. The van der Waals surface area contributed by atoms with E-state index in [9.17, 15) is 9.59 Å². The molecule has 0 radical (unpaired) electrons. The number of benzene rings is 2. The maximum absolute atomic E-state index is 12.8. The van der Waals surface area contributed by atoms with Crippen LogP contribution in [-0.4, -0.2) is 24.8 Å². The Morgan fingerprint density at radius 2 is 1.65 bits per heavy atom. The van der Waals surface area contributed by atoms with Crippen LogP contribution in [0.15, 0.2) is 59.1 Å². The summed E-state index contributed by atoms with van der Waals surface area (Å²) >= 11 is 3.38. The lowest BCUT2D eigenvalue weighted by Gasteiger charge is -2.23. The molecule has 2 rings (SSSR count). The molecule has 0 aromatic heterocycles. The van der Waals surface area contributed by atoms with Crippen molar-refractivity contribution in [2.45, 2.75) is 19.1 Å². The number of ether oxygens (including phenoxy) is 1. The van der Waals surface area contributed by atoms with Crippen molar-refractivity contribution in [1.82, 2.24) is 0 Å². The van der Waals surface area contributed by atoms with Gasteiger partial charge in [0.15, 0.2) is 12.1 Å². The lowest BCUT2D eigenvalue weighted by Crippen LogP contribution is -2.89. The molecule has 0 heterocycles. The first kappa shape index (κ1) is 17.4. The molecule has 23 heavy (non-hydrogen) atoms. The summed E-state index contributed by atoms with van der Waals surface area (Å²) in [6.07, 6.45) is -0.640. The number of hydrogen-bond donors (Lipinski definition) is 1. The molecular formula is C18H19BrNO3+. The Morgan fingerprint density at radius 3 is 2.17 bits per heavy atom. The number of ketones is 1. The highest BCUT2D eigenvalue weighted by molar-refractivity contribution is 9.10. The van der Waals surface area contributed by atoms with E-state index in [1.54, 1.807) is 24.5 Å². The molecule has 0 aliphatic carbocycles. The predicted octanol–water partition coefficient (Wildman–Crippen LogP) is 2.50. The number of esters is 1. The quantitative estimate of drug-likeness (QED) is 0.622. The summed E-state index contributed by atoms with van der Waals surface area (Å²) in [5.74, 6) is -0.479. The van der Waals surface area contributed by atoms with Gasteiger partial charge in [0.1, 0.15) is 0 Å². The van der Waals surface area contributed by atoms with E-state index in [0.717, 1.165) is 10.0 Å². The van der Waals surface area contributed by atoms with Crippen LogP contribution in [0.5, 0.6) is 0 Å². The number of likely N-dealkylation sites (N-methyl/N-ethyl adjacent to an activating group) is 1. The Labute approximate surface area is 144 Å². The molecule has 0 amide bonds. The first-order chi connectivity index (χ1) is 11.0. The zero-order chi connectivity index (χ0) is 16.8. The first-order valence-electron chi connectivity index (χ1n) is 7.34. The van der Waals surface area contributed by atoms with E-state index in [1.165, 1.54) is 6.92 Å². The predicted molar refractivity (Wildman–Crippen MR) is 91.1 cm³/mol. The van der Waals surface area contributed by atoms with Crippen molar-refractivity contribution in [3.8, 4) is 0 Å². The Morgan fingerprint density at radius 1 is 1.04 bits per heavy atom. The smallest absolute Gasteiger partial charge is 0.303 e. The van der Waals surface area contributed by atoms with Crippen molar-refractivity contribution in [3.05, 3.63) is 70.2 Å². The monoisotopic (exact) mass is 376 g/mol. The fourth-order valence-electron chi connectivity index (χ4n) is 2.44. The highest BCUT2D eigenvalue weighted by Gasteiger charge is 2.35. The van der Waals surface area contributed by atoms with Gasteiger partial charge in [-0.25, -0.2) is 0 Å². The Balaban J connectivity index is 2.37. The molecule has 0 fully saturated rings. The van der Waals surface area contributed by atoms with Gasteiger partial charge in [0, 0.05) is 17.0 Å². The third-order valence-corrected chi connectivity index (χ3v) is 4.07. The van der Waals surface area contributed by atoms with Crippen LogP contribution in [0.25, 0.3) is 0 Å². The van der Waals surface area contributed by atoms with Crippen molar-refractivity contribution < 1.29 is 19.6 Å². The van der Waals surface area contributed by atoms with Gasteiger partial charge in [0.05, 0.1) is 7.05 Å². The van der Waals surface area contributed by atoms with Crippen LogP contribution in [0.3, 0.4) is 0 Å². The highest BCUT2D eigenvalue weighted by atomic mass is 79.9. The van der Waals surface area contributed by atoms with E-state index in [0.29, 0.717) is 5.56 Å². The molecule has 2 atom stereocenters. The second kappa shape index (κ2) is 8.04. The third kappa shape index (κ3) is 4.50. The van der Waals surface area contributed by atoms with Crippen LogP contribution in [0.1, 0.15) is 28.9 Å². The summed E-state index contributed by atoms with van der Waals surface area (Å²) in [5, 5.41) is 1.78. The summed E-state index contributed by atoms with van der Waals surface area (Å²) in [7, 11) is 1.81. The summed E-state index contributed by atoms with van der Waals surface area (Å²) in [6, 6.07) is 15.9. The molecule has 120 valence electrons. The topological polar surface area (TPSA) is 60.0 Å². The molecule has 4 nitrogen and oxygen atoms in total. The van der Waals surface area contributed by atoms with Crippen LogP contribution in [0.2, 0.25) is 0 Å². The Hall–Kier alpha value is -1.98. The lowest BCUT2D eigenvalue weighted by atomic mass is 9.95. The minimum absolute atomic E-state index is 0.0673. The molecule has 2 aromatic carbocycles. The zero-order valence-corrected chi connectivity index (χ0v) is 14.6. The van der Waals surface area contributed by atoms with E-state index >= 15 is 0 Å². The maximum Gasteiger partial charge on any atom is 0.303 e. The number of Topliss-reactive ketones (excluding diaryl/α,β-unsaturated/α-hetero) is 1. The zero-order valence-electron chi connectivity index (χ0n) is 13.0. The van der Waals surface area contributed by atoms with Gasteiger partial charge in [-0.1, -0.05) is 58.4 Å². The first-order valence-corrected chi connectivity index (χ1v) is 8.13. The van der Waals surface area contributed by atoms with Crippen molar-refractivity contribution >= 4 is 27.7 Å². The molecule has 0 unspecified atom stereocenters. The van der Waals surface area contributed by atoms with Crippen LogP contribution < -0.4 is 5.32 Å². The maximum atomic E-state index is 12.8. The number of rotatable bonds is 6. The standard InChI is InChI=1S/C18H18BrNO3/c1-12(21)23-18(14-8-10-15(19)11-9-14)16(20-2)17(22)13-6-4-3-5-7-13/h3-11,16,18,20H,1-2H3/p+1/t16-,18+/m0/s1. The normalized spacial score (nSPS) is 13.2. The fourth-order valence-corrected chi connectivity index (χ4v) is 2.70. The van der Waals surface area contributed by atoms with Gasteiger partial charge in [0.25, 0.3) is 0 Å². The average Bonchev–Trinajstić information content (AvgIpc) is 2.55. The van der Waals surface area contributed by atoms with Crippen LogP contribution in [-0.2, 0) is 9.53 Å². The van der Waals surface area contributed by atoms with E-state index in [1.807, 2.05) is 42.5 Å². The summed E-state index contributed by atoms with van der Waals surface area (Å²) in [4.78, 5) is 24.3. The number of halogens is 1. The third-order valence-electron chi connectivity index (χ3n) is 3.54. The van der Waals surface area contributed by atoms with Gasteiger partial charge in [-0.3, -0.25) is 9.59 Å². The SMILES string of the molecule is C[NH2+][C@@H](C(=O)c1ccccc1)[C@H](OC(C)=O)c1ccc(Br)cc1. The summed E-state index contributed by atoms with van der Waals surface area (Å²) in [5.41, 5.74) is 1.39. The van der Waals surface area contributed by atoms with Crippen molar-refractivity contribution in [1.29, 1.82) is 0 Å². The molecule has 0 bridgehead atoms. The van der Waals surface area contributed by atoms with E-state index in [2.05, 4.69) is 15.9 Å². The van der Waals surface area contributed by atoms with E-state index < -0.39 is 18.1 Å². The number of hydrogen-bond acceptors (Lipinski definition) is 3. The van der Waals surface area contributed by atoms with Gasteiger partial charge < -0.3 is 10.1 Å². The van der Waals surface area contributed by atoms with Crippen molar-refractivity contribution in [2.24, 2.45) is 0 Å². The van der Waals surface area contributed by atoms with Crippen LogP contribution in [0, 0.1) is 0 Å². The number of carbonyl (C=O) groups is 2. The molecule has 0 spiro atoms. The average molecular weight is 377 g/mol. The summed E-state index contributed by atoms with van der Waals surface area (Å²) in [6.45, 7) is 1.35. The molecule has 2 N–H and O–H groups in total. The summed E-state index contributed by atoms with van der Waals surface area (Å²) < 4.78 is 6.39. The van der Waals surface area contributed by atoms with Crippen molar-refractivity contribution in [3.63, 3.8) is 0 Å². The van der Waals surface area contributed by atoms with Gasteiger partial charge >= 0.3 is 5.97 Å². The molecular weight excluding hydrogens is 358 g/mol.